The predicted octanol–water partition coefficient (Wildman–Crippen LogP) is 10.7. The first-order chi connectivity index (χ1) is 27.1. The third kappa shape index (κ3) is 5.16. The summed E-state index contributed by atoms with van der Waals surface area (Å²) in [6.07, 6.45) is 0. The zero-order valence-corrected chi connectivity index (χ0v) is 29.4. The Morgan fingerprint density at radius 3 is 1.56 bits per heavy atom. The zero-order chi connectivity index (χ0) is 36.9. The van der Waals surface area contributed by atoms with Crippen molar-refractivity contribution < 1.29 is 9.47 Å². The van der Waals surface area contributed by atoms with Crippen LogP contribution in [0.3, 0.4) is 0 Å². The van der Waals surface area contributed by atoms with Crippen LogP contribution in [0.4, 0.5) is 0 Å². The highest BCUT2D eigenvalue weighted by Gasteiger charge is 2.52. The van der Waals surface area contributed by atoms with Crippen LogP contribution < -0.4 is 4.74 Å². The van der Waals surface area contributed by atoms with Gasteiger partial charge in [-0.25, -0.2) is 15.0 Å². The molecule has 0 fully saturated rings. The van der Waals surface area contributed by atoms with Gasteiger partial charge >= 0.3 is 0 Å². The summed E-state index contributed by atoms with van der Waals surface area (Å²) in [6.45, 7) is 0. The topological polar surface area (TPSA) is 105 Å². The van der Waals surface area contributed by atoms with Crippen molar-refractivity contribution in [2.24, 2.45) is 0 Å². The Kier molecular flexibility index (Phi) is 7.52. The average Bonchev–Trinajstić information content (AvgIpc) is 3.54. The molecule has 0 radical (unpaired) electrons. The number of fused-ring (bicyclic) bond motifs is 9. The number of para-hydroxylation sites is 2. The molecule has 7 heteroatoms. The second-order valence-corrected chi connectivity index (χ2v) is 13.5. The monoisotopic (exact) mass is 709 g/mol. The highest BCUT2D eigenvalue weighted by molar-refractivity contribution is 6.06. The smallest absolute Gasteiger partial charge is 0.221 e. The third-order valence-electron chi connectivity index (χ3n) is 10.4. The highest BCUT2D eigenvalue weighted by Crippen LogP contribution is 2.63. The van der Waals surface area contributed by atoms with Crippen molar-refractivity contribution in [3.8, 4) is 56.8 Å². The van der Waals surface area contributed by atoms with Crippen molar-refractivity contribution in [3.63, 3.8) is 0 Å². The van der Waals surface area contributed by atoms with Crippen molar-refractivity contribution in [3.05, 3.63) is 209 Å². The van der Waals surface area contributed by atoms with Gasteiger partial charge in [-0.3, -0.25) is 10.8 Å². The van der Waals surface area contributed by atoms with E-state index in [0.717, 1.165) is 61.6 Å². The fourth-order valence-corrected chi connectivity index (χ4v) is 8.02. The molecule has 0 atom stereocenters. The molecule has 0 saturated heterocycles. The van der Waals surface area contributed by atoms with Crippen LogP contribution in [0.1, 0.15) is 33.4 Å². The van der Waals surface area contributed by atoms with E-state index in [1.807, 2.05) is 115 Å². The Morgan fingerprint density at radius 1 is 0.436 bits per heavy atom. The molecular weight excluding hydrogens is 679 g/mol. The number of hydrogen-bond donors (Lipinski definition) is 2. The molecule has 1 aromatic heterocycles. The lowest BCUT2D eigenvalue weighted by atomic mass is 9.66. The van der Waals surface area contributed by atoms with Crippen molar-refractivity contribution >= 4 is 11.8 Å². The molecule has 2 N–H and O–H groups in total. The summed E-state index contributed by atoms with van der Waals surface area (Å²) < 4.78 is 12.5. The predicted molar refractivity (Wildman–Crippen MR) is 215 cm³/mol. The van der Waals surface area contributed by atoms with E-state index in [1.165, 1.54) is 0 Å². The Balaban J connectivity index is 1.24. The fraction of sp³-hybridized carbons (Fsp3) is 0.0208. The maximum Gasteiger partial charge on any atom is 0.221 e. The summed E-state index contributed by atoms with van der Waals surface area (Å²) in [5.74, 6) is 3.01. The standard InChI is InChI=1S/C48H31N5O2/c49-43(30-15-4-1-5-16-30)55-44(50)33-27-28-36-35(29-33)42-34(47-52-45(31-17-6-2-7-18-31)51-46(53-47)32-19-8-3-9-20-32)21-14-24-39(42)48(36)37-22-10-12-25-40(37)54-41-26-13-11-23-38(41)48/h1-29,49-50H. The van der Waals surface area contributed by atoms with Crippen molar-refractivity contribution in [1.29, 1.82) is 10.8 Å². The average molecular weight is 710 g/mol. The van der Waals surface area contributed by atoms with Gasteiger partial charge < -0.3 is 9.47 Å². The van der Waals surface area contributed by atoms with E-state index in [9.17, 15) is 0 Å². The summed E-state index contributed by atoms with van der Waals surface area (Å²) in [6, 6.07) is 57.9. The molecule has 55 heavy (non-hydrogen) atoms. The van der Waals surface area contributed by atoms with Crippen LogP contribution in [0.15, 0.2) is 176 Å². The van der Waals surface area contributed by atoms with E-state index < -0.39 is 5.41 Å². The highest BCUT2D eigenvalue weighted by atomic mass is 16.5. The van der Waals surface area contributed by atoms with Crippen LogP contribution in [0.5, 0.6) is 11.5 Å². The first kappa shape index (κ1) is 32.2. The molecule has 0 unspecified atom stereocenters. The molecule has 0 bridgehead atoms. The minimum Gasteiger partial charge on any atom is -0.457 e. The maximum atomic E-state index is 9.07. The molecule has 2 aliphatic rings. The molecule has 1 spiro atoms. The van der Waals surface area contributed by atoms with Crippen LogP contribution in [0.25, 0.3) is 45.3 Å². The summed E-state index contributed by atoms with van der Waals surface area (Å²) >= 11 is 0. The number of nitrogens with zero attached hydrogens (tertiary/aromatic N) is 3. The molecule has 8 aromatic rings. The van der Waals surface area contributed by atoms with Crippen LogP contribution in [-0.2, 0) is 10.2 Å². The maximum absolute atomic E-state index is 9.07. The SMILES string of the molecule is N=C(OC(=N)c1ccc2c(c1)-c1c(-c3nc(-c4ccccc4)nc(-c4ccccc4)n3)cccc1C21c2ccccc2Oc2ccccc21)c1ccccc1. The van der Waals surface area contributed by atoms with E-state index >= 15 is 0 Å². The molecule has 0 amide bonds. The summed E-state index contributed by atoms with van der Waals surface area (Å²) in [5.41, 5.74) is 8.94. The third-order valence-corrected chi connectivity index (χ3v) is 10.4. The number of aromatic nitrogens is 3. The molecule has 2 heterocycles. The second kappa shape index (κ2) is 12.9. The first-order valence-corrected chi connectivity index (χ1v) is 18.0. The van der Waals surface area contributed by atoms with Gasteiger partial charge in [-0.05, 0) is 58.7 Å². The van der Waals surface area contributed by atoms with Gasteiger partial charge in [0.15, 0.2) is 17.5 Å². The zero-order valence-electron chi connectivity index (χ0n) is 29.4. The van der Waals surface area contributed by atoms with Gasteiger partial charge in [0.1, 0.15) is 11.5 Å². The number of benzene rings is 7. The van der Waals surface area contributed by atoms with E-state index in [-0.39, 0.29) is 11.8 Å². The fourth-order valence-electron chi connectivity index (χ4n) is 8.02. The first-order valence-electron chi connectivity index (χ1n) is 18.0. The lowest BCUT2D eigenvalue weighted by Gasteiger charge is -2.39. The number of hydrogen-bond acceptors (Lipinski definition) is 7. The molecule has 260 valence electrons. The van der Waals surface area contributed by atoms with Gasteiger partial charge in [0.2, 0.25) is 11.8 Å². The van der Waals surface area contributed by atoms with Gasteiger partial charge in [0, 0.05) is 38.9 Å². The minimum absolute atomic E-state index is 0.0944. The van der Waals surface area contributed by atoms with E-state index in [4.69, 9.17) is 35.2 Å². The van der Waals surface area contributed by atoms with Crippen molar-refractivity contribution in [1.82, 2.24) is 15.0 Å². The minimum atomic E-state index is -0.762. The summed E-state index contributed by atoms with van der Waals surface area (Å²) in [7, 11) is 0. The lowest BCUT2D eigenvalue weighted by molar-refractivity contribution is 0.436. The Hall–Kier alpha value is -7.51. The van der Waals surface area contributed by atoms with Gasteiger partial charge in [-0.15, -0.1) is 0 Å². The Morgan fingerprint density at radius 2 is 0.945 bits per heavy atom. The second-order valence-electron chi connectivity index (χ2n) is 13.5. The van der Waals surface area contributed by atoms with Crippen LogP contribution >= 0.6 is 0 Å². The number of ether oxygens (including phenoxy) is 2. The van der Waals surface area contributed by atoms with Crippen LogP contribution in [0, 0.1) is 10.8 Å². The molecular formula is C48H31N5O2. The van der Waals surface area contributed by atoms with Crippen LogP contribution in [0.2, 0.25) is 0 Å². The molecule has 0 saturated carbocycles. The van der Waals surface area contributed by atoms with E-state index in [1.54, 1.807) is 12.1 Å². The Labute approximate surface area is 317 Å². The largest absolute Gasteiger partial charge is 0.457 e. The van der Waals surface area contributed by atoms with Crippen LogP contribution in [-0.4, -0.2) is 26.7 Å². The van der Waals surface area contributed by atoms with E-state index in [2.05, 4.69) is 48.5 Å². The Bertz CT molecular complexity index is 2700. The molecule has 1 aliphatic heterocycles. The van der Waals surface area contributed by atoms with E-state index in [0.29, 0.717) is 28.6 Å². The van der Waals surface area contributed by atoms with Crippen molar-refractivity contribution in [2.75, 3.05) is 0 Å². The van der Waals surface area contributed by atoms with Crippen molar-refractivity contribution in [2.45, 2.75) is 5.41 Å². The molecule has 1 aliphatic carbocycles. The summed E-state index contributed by atoms with van der Waals surface area (Å²) in [5, 5.41) is 17.7. The lowest BCUT2D eigenvalue weighted by Crippen LogP contribution is -2.32. The van der Waals surface area contributed by atoms with Gasteiger partial charge in [0.25, 0.3) is 0 Å². The quantitative estimate of drug-likeness (QED) is 0.137. The number of rotatable bonds is 5. The number of nitrogens with one attached hydrogen (secondary N) is 2. The van der Waals surface area contributed by atoms with Gasteiger partial charge in [0.05, 0.1) is 5.41 Å². The normalized spacial score (nSPS) is 12.8. The van der Waals surface area contributed by atoms with Gasteiger partial charge in [-0.2, -0.15) is 0 Å². The molecule has 7 nitrogen and oxygen atoms in total. The summed E-state index contributed by atoms with van der Waals surface area (Å²) in [4.78, 5) is 15.3. The van der Waals surface area contributed by atoms with Gasteiger partial charge in [-0.1, -0.05) is 140 Å². The molecule has 7 aromatic carbocycles. The molecule has 10 rings (SSSR count).